The zero-order chi connectivity index (χ0) is 23.8. The molecule has 0 amide bonds. The molecular weight excluding hydrogens is 447 g/mol. The van der Waals surface area contributed by atoms with E-state index in [1.165, 1.54) is 6.07 Å². The van der Waals surface area contributed by atoms with Gasteiger partial charge < -0.3 is 10.2 Å². The molecule has 1 aliphatic heterocycles. The van der Waals surface area contributed by atoms with Crippen LogP contribution in [0.25, 0.3) is 0 Å². The van der Waals surface area contributed by atoms with E-state index in [0.717, 1.165) is 25.1 Å². The minimum absolute atomic E-state index is 0.0593. The van der Waals surface area contributed by atoms with E-state index in [0.29, 0.717) is 40.7 Å². The number of hydrogen-bond donors (Lipinski definition) is 3. The molecule has 2 atom stereocenters. The Balaban J connectivity index is 1.64. The molecule has 2 aliphatic rings. The van der Waals surface area contributed by atoms with Gasteiger partial charge in [-0.2, -0.15) is 13.1 Å². The maximum absolute atomic E-state index is 15.7. The predicted octanol–water partition coefficient (Wildman–Crippen LogP) is 2.30. The van der Waals surface area contributed by atoms with Gasteiger partial charge in [0.05, 0.1) is 12.2 Å². The van der Waals surface area contributed by atoms with Crippen molar-refractivity contribution in [1.82, 2.24) is 14.6 Å². The number of pyridine rings is 1. The van der Waals surface area contributed by atoms with E-state index in [9.17, 15) is 18.6 Å². The molecule has 3 N–H and O–H groups in total. The van der Waals surface area contributed by atoms with E-state index in [1.54, 1.807) is 6.20 Å². The van der Waals surface area contributed by atoms with Gasteiger partial charge in [0.2, 0.25) is 0 Å². The zero-order valence-electron chi connectivity index (χ0n) is 18.9. The van der Waals surface area contributed by atoms with E-state index >= 15 is 4.39 Å². The van der Waals surface area contributed by atoms with Gasteiger partial charge in [0.15, 0.2) is 5.82 Å². The minimum Gasteiger partial charge on any atom is -0.506 e. The largest absolute Gasteiger partial charge is 0.506 e. The molecule has 180 valence electrons. The molecule has 1 aliphatic carbocycles. The average molecular weight is 479 g/mol. The molecule has 8 nitrogen and oxygen atoms in total. The number of aryl methyl sites for hydroxylation is 1. The Morgan fingerprint density at radius 2 is 2.15 bits per heavy atom. The highest BCUT2D eigenvalue weighted by molar-refractivity contribution is 7.91. The molecule has 1 aromatic heterocycles. The van der Waals surface area contributed by atoms with Crippen molar-refractivity contribution in [2.45, 2.75) is 58.3 Å². The quantitative estimate of drug-likeness (QED) is 0.564. The number of aliphatic hydroxyl groups is 1. The topological polar surface area (TPSA) is 106 Å². The number of nitrogens with one attached hydrogen (secondary N) is 1. The van der Waals surface area contributed by atoms with Gasteiger partial charge in [-0.1, -0.05) is 19.9 Å². The van der Waals surface area contributed by atoms with Crippen LogP contribution in [0.5, 0.6) is 5.75 Å². The fourth-order valence-electron chi connectivity index (χ4n) is 4.62. The van der Waals surface area contributed by atoms with Gasteiger partial charge in [-0.15, -0.1) is 0 Å². The molecule has 0 saturated carbocycles. The van der Waals surface area contributed by atoms with Gasteiger partial charge >= 0.3 is 10.2 Å². The van der Waals surface area contributed by atoms with E-state index in [1.807, 2.05) is 22.9 Å². The lowest BCUT2D eigenvalue weighted by atomic mass is 9.86. The van der Waals surface area contributed by atoms with Crippen molar-refractivity contribution in [3.05, 3.63) is 53.1 Å². The predicted molar refractivity (Wildman–Crippen MR) is 123 cm³/mol. The van der Waals surface area contributed by atoms with Gasteiger partial charge in [0.25, 0.3) is 0 Å². The van der Waals surface area contributed by atoms with Crippen LogP contribution in [-0.2, 0) is 29.6 Å². The molecule has 0 bridgehead atoms. The molecule has 0 radical (unpaired) electrons. The number of aliphatic hydroxyl groups excluding tert-OH is 1. The maximum atomic E-state index is 15.7. The molecule has 1 saturated heterocycles. The summed E-state index contributed by atoms with van der Waals surface area (Å²) in [5, 5.41) is 20.2. The molecule has 1 aromatic carbocycles. The first-order valence-corrected chi connectivity index (χ1v) is 12.7. The number of hydrogen-bond acceptors (Lipinski definition) is 6. The summed E-state index contributed by atoms with van der Waals surface area (Å²) in [5.74, 6) is -0.656. The molecule has 0 spiro atoms. The van der Waals surface area contributed by atoms with Gasteiger partial charge in [-0.3, -0.25) is 9.88 Å². The Hall–Kier alpha value is -2.27. The SMILES string of the molecule is CC(C)CCN(Cc1ccccn1)C1CCc2cc(O)c(N3CC(O)NS3(=O)=O)c(F)c2C1. The number of benzene rings is 1. The fraction of sp³-hybridized carbons (Fsp3) is 0.522. The summed E-state index contributed by atoms with van der Waals surface area (Å²) < 4.78 is 43.1. The third-order valence-corrected chi connectivity index (χ3v) is 7.85. The molecule has 2 heterocycles. The molecular formula is C23H31FN4O4S. The van der Waals surface area contributed by atoms with Crippen molar-refractivity contribution in [1.29, 1.82) is 0 Å². The number of anilines is 1. The van der Waals surface area contributed by atoms with Crippen LogP contribution >= 0.6 is 0 Å². The van der Waals surface area contributed by atoms with E-state index in [-0.39, 0.29) is 12.6 Å². The molecule has 33 heavy (non-hydrogen) atoms. The van der Waals surface area contributed by atoms with Gasteiger partial charge in [0, 0.05) is 18.8 Å². The van der Waals surface area contributed by atoms with E-state index in [4.69, 9.17) is 0 Å². The second kappa shape index (κ2) is 9.54. The summed E-state index contributed by atoms with van der Waals surface area (Å²) in [7, 11) is -4.13. The first-order valence-electron chi connectivity index (χ1n) is 11.3. The van der Waals surface area contributed by atoms with Crippen LogP contribution in [0.4, 0.5) is 10.1 Å². The molecule has 2 unspecified atom stereocenters. The monoisotopic (exact) mass is 478 g/mol. The highest BCUT2D eigenvalue weighted by atomic mass is 32.2. The third-order valence-electron chi connectivity index (χ3n) is 6.37. The first kappa shape index (κ1) is 23.9. The lowest BCUT2D eigenvalue weighted by Crippen LogP contribution is -2.40. The number of rotatable bonds is 7. The first-order chi connectivity index (χ1) is 15.7. The summed E-state index contributed by atoms with van der Waals surface area (Å²) in [5.41, 5.74) is 1.65. The van der Waals surface area contributed by atoms with Crippen LogP contribution in [0.15, 0.2) is 30.5 Å². The van der Waals surface area contributed by atoms with E-state index < -0.39 is 33.7 Å². The Morgan fingerprint density at radius 1 is 1.36 bits per heavy atom. The molecule has 10 heteroatoms. The number of aromatic hydroxyl groups is 1. The van der Waals surface area contributed by atoms with Gasteiger partial charge in [-0.25, -0.2) is 8.70 Å². The lowest BCUT2D eigenvalue weighted by molar-refractivity contribution is 0.159. The number of halogens is 1. The maximum Gasteiger partial charge on any atom is 0.304 e. The summed E-state index contributed by atoms with van der Waals surface area (Å²) in [6.45, 7) is 5.47. The van der Waals surface area contributed by atoms with Crippen molar-refractivity contribution in [2.75, 3.05) is 17.4 Å². The summed E-state index contributed by atoms with van der Waals surface area (Å²) >= 11 is 0. The fourth-order valence-corrected chi connectivity index (χ4v) is 5.92. The Bertz CT molecular complexity index is 1100. The van der Waals surface area contributed by atoms with Crippen molar-refractivity contribution < 1.29 is 23.0 Å². The Morgan fingerprint density at radius 3 is 2.79 bits per heavy atom. The number of aromatic nitrogens is 1. The minimum atomic E-state index is -4.13. The second-order valence-corrected chi connectivity index (χ2v) is 10.9. The molecule has 1 fully saturated rings. The third kappa shape index (κ3) is 5.13. The van der Waals surface area contributed by atoms with Crippen LogP contribution in [0.1, 0.15) is 43.5 Å². The van der Waals surface area contributed by atoms with Gasteiger partial charge in [-0.05, 0) is 67.5 Å². The average Bonchev–Trinajstić information content (AvgIpc) is 3.03. The lowest BCUT2D eigenvalue weighted by Gasteiger charge is -2.36. The van der Waals surface area contributed by atoms with Crippen molar-refractivity contribution in [3.63, 3.8) is 0 Å². The smallest absolute Gasteiger partial charge is 0.304 e. The summed E-state index contributed by atoms with van der Waals surface area (Å²) in [6.07, 6.45) is 3.19. The number of β-amino-alcohol motifs (C(OH)–C–C–N with tert-alkyl or cyclic N) is 1. The normalized spacial score (nSPS) is 22.2. The van der Waals surface area contributed by atoms with Crippen LogP contribution < -0.4 is 9.03 Å². The zero-order valence-corrected chi connectivity index (χ0v) is 19.7. The van der Waals surface area contributed by atoms with Crippen LogP contribution in [0, 0.1) is 11.7 Å². The number of fused-ring (bicyclic) bond motifs is 1. The highest BCUT2D eigenvalue weighted by Crippen LogP contribution is 2.40. The van der Waals surface area contributed by atoms with Crippen LogP contribution in [0.2, 0.25) is 0 Å². The van der Waals surface area contributed by atoms with Crippen LogP contribution in [0.3, 0.4) is 0 Å². The Kier molecular flexibility index (Phi) is 6.90. The van der Waals surface area contributed by atoms with Crippen molar-refractivity contribution >= 4 is 15.9 Å². The standard InChI is InChI=1S/C23H31FN4O4S/c1-15(2)8-10-27(13-17-5-3-4-9-25-17)18-7-6-16-11-20(29)23(22(24)19(16)12-18)28-14-21(30)26-33(28,31)32/h3-5,9,11,15,18,21,26,29-30H,6-8,10,12-14H2,1-2H3. The second-order valence-electron chi connectivity index (χ2n) is 9.24. The van der Waals surface area contributed by atoms with Crippen molar-refractivity contribution in [2.24, 2.45) is 5.92 Å². The van der Waals surface area contributed by atoms with Gasteiger partial charge in [0.1, 0.15) is 17.7 Å². The van der Waals surface area contributed by atoms with Crippen LogP contribution in [-0.4, -0.2) is 53.9 Å². The highest BCUT2D eigenvalue weighted by Gasteiger charge is 2.39. The number of phenolic OH excluding ortho intramolecular Hbond substituents is 1. The number of nitrogens with zero attached hydrogens (tertiary/aromatic N) is 3. The summed E-state index contributed by atoms with van der Waals surface area (Å²) in [4.78, 5) is 6.78. The number of phenols is 1. The molecule has 2 aromatic rings. The van der Waals surface area contributed by atoms with E-state index in [2.05, 4.69) is 23.7 Å². The van der Waals surface area contributed by atoms with Crippen molar-refractivity contribution in [3.8, 4) is 5.75 Å². The summed E-state index contributed by atoms with van der Waals surface area (Å²) in [6, 6.07) is 7.32. The molecule has 4 rings (SSSR count). The Labute approximate surface area is 194 Å².